The molecule has 2 heterocycles. The van der Waals surface area contributed by atoms with Crippen molar-refractivity contribution < 1.29 is 9.47 Å². The first kappa shape index (κ1) is 17.4. The zero-order chi connectivity index (χ0) is 17.8. The van der Waals surface area contributed by atoms with Crippen molar-refractivity contribution >= 4 is 16.3 Å². The Balaban J connectivity index is 1.73. The number of benzene rings is 1. The first-order chi connectivity index (χ1) is 12.1. The average molecular weight is 359 g/mol. The second-order valence-corrected chi connectivity index (χ2v) is 6.60. The van der Waals surface area contributed by atoms with Crippen LogP contribution in [0.2, 0.25) is 0 Å². The number of ether oxygens (including phenoxy) is 2. The Morgan fingerprint density at radius 3 is 2.84 bits per heavy atom. The SMILES string of the molecule is CCOc1ccc(CN(C)Cc2cc(=O)n3ccsc3n2)cc1OC. The van der Waals surface area contributed by atoms with Gasteiger partial charge in [-0.15, -0.1) is 11.3 Å². The van der Waals surface area contributed by atoms with E-state index in [1.165, 1.54) is 11.3 Å². The number of methoxy groups -OCH3 is 1. The Bertz CT molecular complexity index is 919. The summed E-state index contributed by atoms with van der Waals surface area (Å²) in [5, 5.41) is 1.86. The van der Waals surface area contributed by atoms with Crippen LogP contribution >= 0.6 is 11.3 Å². The van der Waals surface area contributed by atoms with E-state index in [-0.39, 0.29) is 5.56 Å². The summed E-state index contributed by atoms with van der Waals surface area (Å²) >= 11 is 1.46. The highest BCUT2D eigenvalue weighted by molar-refractivity contribution is 7.15. The fourth-order valence-electron chi connectivity index (χ4n) is 2.70. The number of aromatic nitrogens is 2. The van der Waals surface area contributed by atoms with Crippen LogP contribution in [0.5, 0.6) is 11.5 Å². The van der Waals surface area contributed by atoms with E-state index < -0.39 is 0 Å². The van der Waals surface area contributed by atoms with Crippen LogP contribution in [0.15, 0.2) is 40.6 Å². The third kappa shape index (κ3) is 4.00. The Labute approximate surface area is 150 Å². The molecule has 2 aromatic heterocycles. The van der Waals surface area contributed by atoms with Gasteiger partial charge in [-0.1, -0.05) is 6.07 Å². The first-order valence-corrected chi connectivity index (χ1v) is 8.92. The topological polar surface area (TPSA) is 56.1 Å². The van der Waals surface area contributed by atoms with Crippen LogP contribution in [0.4, 0.5) is 0 Å². The molecule has 7 heteroatoms. The van der Waals surface area contributed by atoms with Crippen LogP contribution < -0.4 is 15.0 Å². The summed E-state index contributed by atoms with van der Waals surface area (Å²) in [5.41, 5.74) is 1.84. The molecule has 0 atom stereocenters. The Morgan fingerprint density at radius 1 is 1.24 bits per heavy atom. The lowest BCUT2D eigenvalue weighted by Crippen LogP contribution is -2.21. The number of fused-ring (bicyclic) bond motifs is 1. The van der Waals surface area contributed by atoms with Gasteiger partial charge in [0.1, 0.15) is 0 Å². The molecule has 25 heavy (non-hydrogen) atoms. The second-order valence-electron chi connectivity index (χ2n) is 5.73. The van der Waals surface area contributed by atoms with Crippen LogP contribution in [0.1, 0.15) is 18.2 Å². The third-order valence-electron chi connectivity index (χ3n) is 3.77. The van der Waals surface area contributed by atoms with E-state index >= 15 is 0 Å². The highest BCUT2D eigenvalue weighted by Gasteiger charge is 2.10. The number of hydrogen-bond acceptors (Lipinski definition) is 6. The minimum atomic E-state index is -0.0441. The maximum absolute atomic E-state index is 12.1. The molecular weight excluding hydrogens is 338 g/mol. The van der Waals surface area contributed by atoms with Crippen molar-refractivity contribution in [1.29, 1.82) is 0 Å². The minimum Gasteiger partial charge on any atom is -0.493 e. The summed E-state index contributed by atoms with van der Waals surface area (Å²) in [7, 11) is 3.64. The monoisotopic (exact) mass is 359 g/mol. The van der Waals surface area contributed by atoms with Crippen molar-refractivity contribution in [2.24, 2.45) is 0 Å². The summed E-state index contributed by atoms with van der Waals surface area (Å²) in [6.45, 7) is 3.86. The molecule has 0 aliphatic heterocycles. The lowest BCUT2D eigenvalue weighted by Gasteiger charge is -2.17. The van der Waals surface area contributed by atoms with Crippen molar-refractivity contribution in [1.82, 2.24) is 14.3 Å². The van der Waals surface area contributed by atoms with E-state index in [0.717, 1.165) is 27.7 Å². The maximum atomic E-state index is 12.1. The fraction of sp³-hybridized carbons (Fsp3) is 0.333. The van der Waals surface area contributed by atoms with Gasteiger partial charge in [0, 0.05) is 30.7 Å². The van der Waals surface area contributed by atoms with Crippen molar-refractivity contribution in [3.63, 3.8) is 0 Å². The standard InChI is InChI=1S/C18H21N3O3S/c1-4-24-15-6-5-13(9-16(15)23-3)11-20(2)12-14-10-17(22)21-7-8-25-18(21)19-14/h5-10H,4,11-12H2,1-3H3. The van der Waals surface area contributed by atoms with Gasteiger partial charge in [-0.05, 0) is 31.7 Å². The van der Waals surface area contributed by atoms with E-state index in [0.29, 0.717) is 19.7 Å². The Hall–Kier alpha value is -2.38. The largest absolute Gasteiger partial charge is 0.493 e. The molecule has 0 fully saturated rings. The van der Waals surface area contributed by atoms with Crippen LogP contribution in [-0.2, 0) is 13.1 Å². The average Bonchev–Trinajstić information content (AvgIpc) is 3.05. The molecule has 0 unspecified atom stereocenters. The predicted octanol–water partition coefficient (Wildman–Crippen LogP) is 2.80. The van der Waals surface area contributed by atoms with E-state index in [4.69, 9.17) is 9.47 Å². The van der Waals surface area contributed by atoms with Gasteiger partial charge in [0.05, 0.1) is 19.4 Å². The van der Waals surface area contributed by atoms with E-state index in [1.54, 1.807) is 23.8 Å². The predicted molar refractivity (Wildman–Crippen MR) is 98.7 cm³/mol. The molecule has 3 rings (SSSR count). The van der Waals surface area contributed by atoms with Crippen molar-refractivity contribution in [2.45, 2.75) is 20.0 Å². The number of nitrogens with zero attached hydrogens (tertiary/aromatic N) is 3. The van der Waals surface area contributed by atoms with Gasteiger partial charge in [-0.25, -0.2) is 4.98 Å². The fourth-order valence-corrected chi connectivity index (χ4v) is 3.44. The van der Waals surface area contributed by atoms with Crippen LogP contribution in [0.3, 0.4) is 0 Å². The molecule has 0 aliphatic rings. The molecule has 0 saturated heterocycles. The summed E-state index contributed by atoms with van der Waals surface area (Å²) < 4.78 is 12.5. The van der Waals surface area contributed by atoms with Crippen molar-refractivity contribution in [3.05, 3.63) is 57.5 Å². The van der Waals surface area contributed by atoms with Gasteiger partial charge in [0.25, 0.3) is 5.56 Å². The van der Waals surface area contributed by atoms with Gasteiger partial charge >= 0.3 is 0 Å². The summed E-state index contributed by atoms with van der Waals surface area (Å²) in [4.78, 5) is 19.4. The molecule has 0 bridgehead atoms. The number of rotatable bonds is 7. The van der Waals surface area contributed by atoms with Crippen LogP contribution in [0, 0.1) is 0 Å². The van der Waals surface area contributed by atoms with E-state index in [1.807, 2.05) is 37.6 Å². The van der Waals surface area contributed by atoms with Gasteiger partial charge in [-0.3, -0.25) is 14.1 Å². The molecule has 6 nitrogen and oxygen atoms in total. The molecular formula is C18H21N3O3S. The summed E-state index contributed by atoms with van der Waals surface area (Å²) in [5.74, 6) is 1.47. The molecule has 0 saturated carbocycles. The summed E-state index contributed by atoms with van der Waals surface area (Å²) in [6.07, 6.45) is 1.75. The Morgan fingerprint density at radius 2 is 2.08 bits per heavy atom. The third-order valence-corrected chi connectivity index (χ3v) is 4.53. The zero-order valence-corrected chi connectivity index (χ0v) is 15.4. The lowest BCUT2D eigenvalue weighted by atomic mass is 10.2. The van der Waals surface area contributed by atoms with Crippen molar-refractivity contribution in [3.8, 4) is 11.5 Å². The number of thiazole rings is 1. The molecule has 0 N–H and O–H groups in total. The molecule has 1 aromatic carbocycles. The molecule has 0 radical (unpaired) electrons. The molecule has 3 aromatic rings. The van der Waals surface area contributed by atoms with Crippen molar-refractivity contribution in [2.75, 3.05) is 20.8 Å². The Kier molecular flexibility index (Phi) is 5.35. The zero-order valence-electron chi connectivity index (χ0n) is 14.6. The molecule has 132 valence electrons. The maximum Gasteiger partial charge on any atom is 0.258 e. The minimum absolute atomic E-state index is 0.0441. The summed E-state index contributed by atoms with van der Waals surface area (Å²) in [6, 6.07) is 7.52. The first-order valence-electron chi connectivity index (χ1n) is 8.04. The van der Waals surface area contributed by atoms with Crippen LogP contribution in [-0.4, -0.2) is 35.0 Å². The molecule has 0 spiro atoms. The smallest absolute Gasteiger partial charge is 0.258 e. The normalized spacial score (nSPS) is 11.2. The number of hydrogen-bond donors (Lipinski definition) is 0. The quantitative estimate of drug-likeness (QED) is 0.649. The van der Waals surface area contributed by atoms with E-state index in [2.05, 4.69) is 9.88 Å². The second kappa shape index (κ2) is 7.67. The van der Waals surface area contributed by atoms with Gasteiger partial charge in [-0.2, -0.15) is 0 Å². The molecule has 0 aliphatic carbocycles. The highest BCUT2D eigenvalue weighted by atomic mass is 32.1. The highest BCUT2D eigenvalue weighted by Crippen LogP contribution is 2.28. The van der Waals surface area contributed by atoms with Gasteiger partial charge < -0.3 is 9.47 Å². The van der Waals surface area contributed by atoms with Gasteiger partial charge in [0.2, 0.25) is 0 Å². The van der Waals surface area contributed by atoms with Crippen LogP contribution in [0.25, 0.3) is 4.96 Å². The van der Waals surface area contributed by atoms with Gasteiger partial charge in [0.15, 0.2) is 16.5 Å². The molecule has 0 amide bonds. The van der Waals surface area contributed by atoms with E-state index in [9.17, 15) is 4.79 Å². The lowest BCUT2D eigenvalue weighted by molar-refractivity contribution is 0.304.